The number of hydrogen-bond donors (Lipinski definition) is 0. The van der Waals surface area contributed by atoms with E-state index in [-0.39, 0.29) is 11.5 Å². The monoisotopic (exact) mass is 418 g/mol. The Bertz CT molecular complexity index is 1010. The van der Waals surface area contributed by atoms with Crippen molar-refractivity contribution in [2.24, 2.45) is 0 Å². The molecule has 0 aromatic heterocycles. The molecule has 29 heavy (non-hydrogen) atoms. The minimum atomic E-state index is -3.77. The van der Waals surface area contributed by atoms with Gasteiger partial charge in [-0.15, -0.1) is 0 Å². The lowest BCUT2D eigenvalue weighted by atomic mass is 9.86. The van der Waals surface area contributed by atoms with Gasteiger partial charge in [0, 0.05) is 12.0 Å². The van der Waals surface area contributed by atoms with Gasteiger partial charge in [-0.1, -0.05) is 17.7 Å². The van der Waals surface area contributed by atoms with Gasteiger partial charge in [0.05, 0.1) is 18.6 Å². The van der Waals surface area contributed by atoms with Crippen molar-refractivity contribution in [3.8, 4) is 11.5 Å². The Morgan fingerprint density at radius 1 is 1.03 bits per heavy atom. The molecule has 0 spiro atoms. The van der Waals surface area contributed by atoms with E-state index >= 15 is 0 Å². The van der Waals surface area contributed by atoms with Gasteiger partial charge in [-0.3, -0.25) is 4.18 Å². The van der Waals surface area contributed by atoms with Crippen LogP contribution in [0, 0.1) is 27.7 Å². The molecule has 0 saturated carbocycles. The average Bonchev–Trinajstić information content (AvgIpc) is 2.66. The fourth-order valence-corrected chi connectivity index (χ4v) is 4.81. The second-order valence-electron chi connectivity index (χ2n) is 8.11. The van der Waals surface area contributed by atoms with E-state index in [1.54, 1.807) is 31.4 Å². The summed E-state index contributed by atoms with van der Waals surface area (Å²) in [5.41, 5.74) is 4.96. The molecular weight excluding hydrogens is 388 g/mol. The Hall–Kier alpha value is -2.05. The molecule has 1 aliphatic heterocycles. The summed E-state index contributed by atoms with van der Waals surface area (Å²) in [7, 11) is -2.07. The van der Waals surface area contributed by atoms with E-state index in [2.05, 4.69) is 6.92 Å². The number of ether oxygens (including phenoxy) is 2. The maximum absolute atomic E-state index is 12.4. The number of aryl methyl sites for hydroxylation is 1. The van der Waals surface area contributed by atoms with Crippen LogP contribution in [0.2, 0.25) is 0 Å². The fraction of sp³-hybridized carbons (Fsp3) is 0.478. The SMILES string of the molecule is COc1c(C)c(C)c2c(c1C)CCC(C)(CCOS(=O)(=O)c1ccc(C)cc1)O2. The first kappa shape index (κ1) is 21.7. The predicted molar refractivity (Wildman–Crippen MR) is 113 cm³/mol. The van der Waals surface area contributed by atoms with Crippen molar-refractivity contribution in [1.29, 1.82) is 0 Å². The van der Waals surface area contributed by atoms with E-state index in [0.717, 1.165) is 46.6 Å². The van der Waals surface area contributed by atoms with Gasteiger partial charge in [-0.25, -0.2) is 0 Å². The minimum absolute atomic E-state index is 0.0786. The molecule has 2 aromatic carbocycles. The Morgan fingerprint density at radius 3 is 2.31 bits per heavy atom. The Morgan fingerprint density at radius 2 is 1.69 bits per heavy atom. The molecule has 3 rings (SSSR count). The van der Waals surface area contributed by atoms with Crippen LogP contribution in [0.15, 0.2) is 29.2 Å². The zero-order valence-electron chi connectivity index (χ0n) is 18.1. The third-order valence-electron chi connectivity index (χ3n) is 5.95. The second kappa shape index (κ2) is 8.00. The van der Waals surface area contributed by atoms with Gasteiger partial charge in [0.15, 0.2) is 0 Å². The highest BCUT2D eigenvalue weighted by Gasteiger charge is 2.35. The van der Waals surface area contributed by atoms with Crippen LogP contribution in [0.4, 0.5) is 0 Å². The molecule has 5 nitrogen and oxygen atoms in total. The first-order valence-corrected chi connectivity index (χ1v) is 11.3. The van der Waals surface area contributed by atoms with Crippen molar-refractivity contribution < 1.29 is 22.1 Å². The minimum Gasteiger partial charge on any atom is -0.496 e. The summed E-state index contributed by atoms with van der Waals surface area (Å²) in [6.07, 6.45) is 2.14. The standard InChI is InChI=1S/C23H30O5S/c1-15-7-9-19(10-8-15)29(24,25)27-14-13-23(5)12-11-20-18(4)21(26-6)16(2)17(3)22(20)28-23/h7-10H,11-14H2,1-6H3. The Labute approximate surface area is 174 Å². The zero-order valence-corrected chi connectivity index (χ0v) is 18.9. The van der Waals surface area contributed by atoms with E-state index in [1.165, 1.54) is 5.56 Å². The topological polar surface area (TPSA) is 61.8 Å². The van der Waals surface area contributed by atoms with E-state index in [0.29, 0.717) is 6.42 Å². The summed E-state index contributed by atoms with van der Waals surface area (Å²) in [6, 6.07) is 6.67. The van der Waals surface area contributed by atoms with E-state index in [4.69, 9.17) is 13.7 Å². The molecule has 2 aromatic rings. The van der Waals surface area contributed by atoms with Crippen LogP contribution in [0.5, 0.6) is 11.5 Å². The van der Waals surface area contributed by atoms with Gasteiger partial charge in [0.25, 0.3) is 10.1 Å². The van der Waals surface area contributed by atoms with Crippen molar-refractivity contribution in [3.63, 3.8) is 0 Å². The van der Waals surface area contributed by atoms with Gasteiger partial charge >= 0.3 is 0 Å². The van der Waals surface area contributed by atoms with Crippen molar-refractivity contribution in [2.45, 2.75) is 64.4 Å². The van der Waals surface area contributed by atoms with Gasteiger partial charge in [-0.05, 0) is 76.3 Å². The average molecular weight is 419 g/mol. The molecule has 0 saturated heterocycles. The highest BCUT2D eigenvalue weighted by atomic mass is 32.2. The summed E-state index contributed by atoms with van der Waals surface area (Å²) in [4.78, 5) is 0.178. The van der Waals surface area contributed by atoms with E-state index in [9.17, 15) is 8.42 Å². The first-order chi connectivity index (χ1) is 13.6. The van der Waals surface area contributed by atoms with Crippen molar-refractivity contribution >= 4 is 10.1 Å². The number of methoxy groups -OCH3 is 1. The summed E-state index contributed by atoms with van der Waals surface area (Å²) in [6.45, 7) is 10.2. The maximum atomic E-state index is 12.4. The van der Waals surface area contributed by atoms with Crippen LogP contribution in [0.25, 0.3) is 0 Å². The predicted octanol–water partition coefficient (Wildman–Crippen LogP) is 4.81. The molecular formula is C23H30O5S. The van der Waals surface area contributed by atoms with E-state index < -0.39 is 15.7 Å². The second-order valence-corrected chi connectivity index (χ2v) is 9.72. The third kappa shape index (κ3) is 4.28. The third-order valence-corrected chi connectivity index (χ3v) is 7.27. The summed E-state index contributed by atoms with van der Waals surface area (Å²) < 4.78 is 42.1. The number of benzene rings is 2. The lowest BCUT2D eigenvalue weighted by Gasteiger charge is -2.38. The molecule has 0 radical (unpaired) electrons. The van der Waals surface area contributed by atoms with E-state index in [1.807, 2.05) is 27.7 Å². The largest absolute Gasteiger partial charge is 0.496 e. The molecule has 1 aliphatic rings. The van der Waals surface area contributed by atoms with Crippen LogP contribution in [0.3, 0.4) is 0 Å². The Kier molecular flexibility index (Phi) is 5.97. The van der Waals surface area contributed by atoms with Crippen LogP contribution in [-0.2, 0) is 20.7 Å². The van der Waals surface area contributed by atoms with Crippen molar-refractivity contribution in [3.05, 3.63) is 52.1 Å². The molecule has 1 atom stereocenters. The molecule has 0 bridgehead atoms. The van der Waals surface area contributed by atoms with Gasteiger partial charge < -0.3 is 9.47 Å². The highest BCUT2D eigenvalue weighted by Crippen LogP contribution is 2.44. The zero-order chi connectivity index (χ0) is 21.4. The summed E-state index contributed by atoms with van der Waals surface area (Å²) in [5, 5.41) is 0. The molecule has 1 unspecified atom stereocenters. The molecule has 0 aliphatic carbocycles. The quantitative estimate of drug-likeness (QED) is 0.630. The highest BCUT2D eigenvalue weighted by molar-refractivity contribution is 7.86. The van der Waals surface area contributed by atoms with Gasteiger partial charge in [-0.2, -0.15) is 8.42 Å². The van der Waals surface area contributed by atoms with Crippen LogP contribution < -0.4 is 9.47 Å². The van der Waals surface area contributed by atoms with Crippen molar-refractivity contribution in [1.82, 2.24) is 0 Å². The lowest BCUT2D eigenvalue weighted by molar-refractivity contribution is 0.0421. The van der Waals surface area contributed by atoms with Crippen molar-refractivity contribution in [2.75, 3.05) is 13.7 Å². The number of fused-ring (bicyclic) bond motifs is 1. The van der Waals surface area contributed by atoms with Gasteiger partial charge in [0.2, 0.25) is 0 Å². The maximum Gasteiger partial charge on any atom is 0.296 e. The molecule has 1 heterocycles. The molecule has 0 N–H and O–H groups in total. The first-order valence-electron chi connectivity index (χ1n) is 9.90. The lowest BCUT2D eigenvalue weighted by Crippen LogP contribution is -2.38. The molecule has 0 amide bonds. The summed E-state index contributed by atoms with van der Waals surface area (Å²) in [5.74, 6) is 1.82. The molecule has 0 fully saturated rings. The normalized spacial score (nSPS) is 18.8. The Balaban J connectivity index is 1.73. The van der Waals surface area contributed by atoms with Crippen LogP contribution >= 0.6 is 0 Å². The smallest absolute Gasteiger partial charge is 0.296 e. The van der Waals surface area contributed by atoms with Crippen LogP contribution in [-0.4, -0.2) is 27.7 Å². The fourth-order valence-electron chi connectivity index (χ4n) is 3.90. The van der Waals surface area contributed by atoms with Crippen LogP contribution in [0.1, 0.15) is 47.6 Å². The van der Waals surface area contributed by atoms with Gasteiger partial charge in [0.1, 0.15) is 17.1 Å². The summed E-state index contributed by atoms with van der Waals surface area (Å²) >= 11 is 0. The number of hydrogen-bond acceptors (Lipinski definition) is 5. The molecule has 158 valence electrons. The number of rotatable bonds is 6. The molecule has 6 heteroatoms.